The molecule has 2 aromatic rings. The van der Waals surface area contributed by atoms with Crippen molar-refractivity contribution in [3.63, 3.8) is 0 Å². The highest BCUT2D eigenvalue weighted by Gasteiger charge is 2.18. The summed E-state index contributed by atoms with van der Waals surface area (Å²) in [5, 5.41) is 0. The average Bonchev–Trinajstić information content (AvgIpc) is 3.04. The van der Waals surface area contributed by atoms with Crippen molar-refractivity contribution in [1.82, 2.24) is 14.3 Å². The molecule has 7 nitrogen and oxygen atoms in total. The summed E-state index contributed by atoms with van der Waals surface area (Å²) in [7, 11) is -3.61. The molecule has 0 atom stereocenters. The van der Waals surface area contributed by atoms with Gasteiger partial charge in [0, 0.05) is 25.0 Å². The Morgan fingerprint density at radius 1 is 1.48 bits per heavy atom. The molecule has 116 valence electrons. The second-order valence-corrected chi connectivity index (χ2v) is 6.52. The molecule has 0 aliphatic heterocycles. The van der Waals surface area contributed by atoms with Gasteiger partial charge in [0.15, 0.2) is 0 Å². The number of hydrogen-bond acceptors (Lipinski definition) is 5. The Labute approximate surface area is 124 Å². The molecule has 2 rings (SSSR count). The molecule has 0 aromatic carbocycles. The van der Waals surface area contributed by atoms with E-state index in [1.165, 1.54) is 0 Å². The molecule has 8 heteroatoms. The largest absolute Gasteiger partial charge is 0.445 e. The molecule has 0 aliphatic rings. The lowest BCUT2D eigenvalue weighted by molar-refractivity contribution is 0.463. The maximum absolute atomic E-state index is 12.3. The van der Waals surface area contributed by atoms with Crippen molar-refractivity contribution in [1.29, 1.82) is 0 Å². The van der Waals surface area contributed by atoms with Crippen LogP contribution < -0.4 is 10.5 Å². The molecule has 0 saturated heterocycles. The number of aromatic nitrogens is 2. The second-order valence-electron chi connectivity index (χ2n) is 4.75. The van der Waals surface area contributed by atoms with Crippen molar-refractivity contribution < 1.29 is 12.8 Å². The fourth-order valence-electron chi connectivity index (χ4n) is 2.02. The van der Waals surface area contributed by atoms with Gasteiger partial charge >= 0.3 is 0 Å². The summed E-state index contributed by atoms with van der Waals surface area (Å²) < 4.78 is 34.1. The van der Waals surface area contributed by atoms with Gasteiger partial charge in [-0.2, -0.15) is 0 Å². The lowest BCUT2D eigenvalue weighted by atomic mass is 10.4. The summed E-state index contributed by atoms with van der Waals surface area (Å²) in [6.07, 6.45) is 4.06. The monoisotopic (exact) mass is 312 g/mol. The van der Waals surface area contributed by atoms with Gasteiger partial charge in [-0.15, -0.1) is 0 Å². The van der Waals surface area contributed by atoms with Crippen molar-refractivity contribution in [2.45, 2.75) is 44.8 Å². The first kappa shape index (κ1) is 15.7. The Hall–Kier alpha value is -1.64. The van der Waals surface area contributed by atoms with Crippen LogP contribution in [0.2, 0.25) is 0 Å². The molecular formula is C13H20N4O3S. The molecule has 0 fully saturated rings. The van der Waals surface area contributed by atoms with Crippen LogP contribution in [0.5, 0.6) is 0 Å². The molecule has 0 bridgehead atoms. The van der Waals surface area contributed by atoms with Crippen LogP contribution in [0.15, 0.2) is 27.8 Å². The fourth-order valence-corrected chi connectivity index (χ4v) is 3.05. The van der Waals surface area contributed by atoms with E-state index in [2.05, 4.69) is 9.71 Å². The van der Waals surface area contributed by atoms with E-state index >= 15 is 0 Å². The Bertz CT molecular complexity index is 703. The third kappa shape index (κ3) is 3.72. The first-order valence-corrected chi connectivity index (χ1v) is 8.24. The molecule has 3 N–H and O–H groups in total. The van der Waals surface area contributed by atoms with Gasteiger partial charge in [-0.25, -0.2) is 18.1 Å². The summed E-state index contributed by atoms with van der Waals surface area (Å²) in [6.45, 7) is 4.84. The normalized spacial score (nSPS) is 12.0. The number of nitrogens with two attached hydrogens (primary N) is 1. The number of aryl methyl sites for hydroxylation is 2. The maximum Gasteiger partial charge on any atom is 0.242 e. The van der Waals surface area contributed by atoms with Gasteiger partial charge in [-0.3, -0.25) is 0 Å². The van der Waals surface area contributed by atoms with Crippen LogP contribution in [-0.2, 0) is 29.7 Å². The zero-order chi connectivity index (χ0) is 15.5. The van der Waals surface area contributed by atoms with Crippen LogP contribution in [-0.4, -0.2) is 18.0 Å². The topological polar surface area (TPSA) is 103 Å². The number of nitrogens with zero attached hydrogens (tertiary/aromatic N) is 2. The van der Waals surface area contributed by atoms with E-state index in [1.807, 2.05) is 11.5 Å². The Kier molecular flexibility index (Phi) is 4.81. The first-order chi connectivity index (χ1) is 9.96. The van der Waals surface area contributed by atoms with E-state index in [9.17, 15) is 8.42 Å². The summed E-state index contributed by atoms with van der Waals surface area (Å²) in [5.74, 6) is 0.979. The van der Waals surface area contributed by atoms with Crippen molar-refractivity contribution in [3.8, 4) is 0 Å². The van der Waals surface area contributed by atoms with Crippen LogP contribution >= 0.6 is 0 Å². The number of rotatable bonds is 7. The van der Waals surface area contributed by atoms with E-state index < -0.39 is 10.0 Å². The van der Waals surface area contributed by atoms with Crippen molar-refractivity contribution in [2.24, 2.45) is 5.73 Å². The summed E-state index contributed by atoms with van der Waals surface area (Å²) in [6, 6.07) is 1.60. The van der Waals surface area contributed by atoms with Gasteiger partial charge < -0.3 is 14.7 Å². The zero-order valence-corrected chi connectivity index (χ0v) is 13.0. The minimum Gasteiger partial charge on any atom is -0.445 e. The molecular weight excluding hydrogens is 292 g/mol. The molecule has 0 radical (unpaired) electrons. The standard InChI is InChI=1S/C13H20N4O3S/c1-3-4-17-9-12(5-11(17)6-14)21(18,19)16-8-13-15-7-10(2)20-13/h5,7,9,16H,3-4,6,8,14H2,1-2H3. The molecule has 0 aliphatic carbocycles. The molecule has 2 aromatic heterocycles. The number of sulfonamides is 1. The fraction of sp³-hybridized carbons (Fsp3) is 0.462. The highest BCUT2D eigenvalue weighted by atomic mass is 32.2. The number of hydrogen-bond donors (Lipinski definition) is 2. The Balaban J connectivity index is 2.15. The lowest BCUT2D eigenvalue weighted by Crippen LogP contribution is -2.23. The van der Waals surface area contributed by atoms with Gasteiger partial charge in [0.05, 0.1) is 17.6 Å². The Morgan fingerprint density at radius 3 is 2.81 bits per heavy atom. The first-order valence-electron chi connectivity index (χ1n) is 6.76. The van der Waals surface area contributed by atoms with Gasteiger partial charge in [0.2, 0.25) is 15.9 Å². The summed E-state index contributed by atoms with van der Waals surface area (Å²) in [5.41, 5.74) is 6.44. The van der Waals surface area contributed by atoms with Crippen molar-refractivity contribution in [3.05, 3.63) is 35.8 Å². The van der Waals surface area contributed by atoms with E-state index in [-0.39, 0.29) is 11.4 Å². The predicted molar refractivity (Wildman–Crippen MR) is 77.9 cm³/mol. The second kappa shape index (κ2) is 6.42. The molecule has 2 heterocycles. The maximum atomic E-state index is 12.3. The summed E-state index contributed by atoms with van der Waals surface area (Å²) >= 11 is 0. The van der Waals surface area contributed by atoms with Crippen molar-refractivity contribution >= 4 is 10.0 Å². The minimum atomic E-state index is -3.61. The SMILES string of the molecule is CCCn1cc(S(=O)(=O)NCc2ncc(C)o2)cc1CN. The van der Waals surface area contributed by atoms with Crippen LogP contribution in [0.4, 0.5) is 0 Å². The average molecular weight is 312 g/mol. The highest BCUT2D eigenvalue weighted by Crippen LogP contribution is 2.15. The summed E-state index contributed by atoms with van der Waals surface area (Å²) in [4.78, 5) is 4.17. The number of nitrogens with one attached hydrogen (secondary N) is 1. The van der Waals surface area contributed by atoms with Gasteiger partial charge in [0.25, 0.3) is 0 Å². The molecule has 0 amide bonds. The van der Waals surface area contributed by atoms with E-state index in [4.69, 9.17) is 10.2 Å². The van der Waals surface area contributed by atoms with E-state index in [0.717, 1.165) is 18.7 Å². The molecule has 0 saturated carbocycles. The smallest absolute Gasteiger partial charge is 0.242 e. The van der Waals surface area contributed by atoms with Gasteiger partial charge in [-0.1, -0.05) is 6.92 Å². The van der Waals surface area contributed by atoms with E-state index in [1.54, 1.807) is 25.4 Å². The zero-order valence-electron chi connectivity index (χ0n) is 12.2. The van der Waals surface area contributed by atoms with Crippen molar-refractivity contribution in [2.75, 3.05) is 0 Å². The van der Waals surface area contributed by atoms with Gasteiger partial charge in [-0.05, 0) is 19.4 Å². The van der Waals surface area contributed by atoms with Crippen LogP contribution in [0.1, 0.15) is 30.7 Å². The number of oxazole rings is 1. The lowest BCUT2D eigenvalue weighted by Gasteiger charge is -2.04. The highest BCUT2D eigenvalue weighted by molar-refractivity contribution is 7.89. The van der Waals surface area contributed by atoms with E-state index in [0.29, 0.717) is 18.2 Å². The third-order valence-electron chi connectivity index (χ3n) is 3.03. The minimum absolute atomic E-state index is 0.0209. The van der Waals surface area contributed by atoms with Crippen LogP contribution in [0.25, 0.3) is 0 Å². The molecule has 0 unspecified atom stereocenters. The quantitative estimate of drug-likeness (QED) is 0.797. The predicted octanol–water partition coefficient (Wildman–Crippen LogP) is 1.13. The van der Waals surface area contributed by atoms with Crippen LogP contribution in [0.3, 0.4) is 0 Å². The third-order valence-corrected chi connectivity index (χ3v) is 4.40. The van der Waals surface area contributed by atoms with Gasteiger partial charge in [0.1, 0.15) is 5.76 Å². The Morgan fingerprint density at radius 2 is 2.24 bits per heavy atom. The van der Waals surface area contributed by atoms with Crippen LogP contribution in [0, 0.1) is 6.92 Å². The molecule has 0 spiro atoms. The molecule has 21 heavy (non-hydrogen) atoms.